The molecule has 2 rings (SSSR count). The molecule has 0 atom stereocenters. The van der Waals surface area contributed by atoms with Gasteiger partial charge in [-0.3, -0.25) is 4.79 Å². The summed E-state index contributed by atoms with van der Waals surface area (Å²) in [5, 5.41) is 8.86. The van der Waals surface area contributed by atoms with Gasteiger partial charge in [0.25, 0.3) is 0 Å². The summed E-state index contributed by atoms with van der Waals surface area (Å²) in [7, 11) is 0. The van der Waals surface area contributed by atoms with Crippen LogP contribution in [-0.2, 0) is 20.4 Å². The van der Waals surface area contributed by atoms with Crippen LogP contribution in [0.15, 0.2) is 30.5 Å². The predicted octanol–water partition coefficient (Wildman–Crippen LogP) is 4.31. The van der Waals surface area contributed by atoms with E-state index in [4.69, 9.17) is 4.74 Å². The van der Waals surface area contributed by atoms with Crippen LogP contribution in [0, 0.1) is 0 Å². The van der Waals surface area contributed by atoms with Crippen LogP contribution in [0.1, 0.15) is 56.6 Å². The number of esters is 1. The number of carbonyl (C=O) groups excluding carboxylic acids is 3. The molecular formula is C22H27F3N4O5. The van der Waals surface area contributed by atoms with E-state index in [0.29, 0.717) is 16.8 Å². The van der Waals surface area contributed by atoms with Crippen molar-refractivity contribution in [1.82, 2.24) is 15.1 Å². The molecule has 0 spiro atoms. The van der Waals surface area contributed by atoms with E-state index in [1.54, 1.807) is 20.8 Å². The maximum Gasteiger partial charge on any atom is 0.434 e. The Morgan fingerprint density at radius 1 is 1.09 bits per heavy atom. The Balaban J connectivity index is 1.99. The van der Waals surface area contributed by atoms with Gasteiger partial charge in [0.2, 0.25) is 5.91 Å². The standard InChI is InChI=1S/C22H27F3N4O5/c1-5-33-19(31)16-13-27-29(18(16)22(23,24)25)15-10-8-14(9-11-15)28-17(30)7-6-12-26-20(32)34-21(2,3)4/h8-11,13H,5-7,12H2,1-4H3,(H,26,32)(H,28,30). The number of hydrogen-bond acceptors (Lipinski definition) is 6. The zero-order chi connectivity index (χ0) is 25.5. The van der Waals surface area contributed by atoms with Crippen LogP contribution in [-0.4, -0.2) is 46.5 Å². The van der Waals surface area contributed by atoms with Crippen molar-refractivity contribution in [2.45, 2.75) is 52.3 Å². The second-order valence-electron chi connectivity index (χ2n) is 8.16. The lowest BCUT2D eigenvalue weighted by Gasteiger charge is -2.19. The van der Waals surface area contributed by atoms with E-state index in [2.05, 4.69) is 20.5 Å². The molecule has 12 heteroatoms. The number of rotatable bonds is 8. The summed E-state index contributed by atoms with van der Waals surface area (Å²) < 4.78 is 51.2. The van der Waals surface area contributed by atoms with Gasteiger partial charge in [-0.25, -0.2) is 14.3 Å². The minimum Gasteiger partial charge on any atom is -0.462 e. The number of hydrogen-bond donors (Lipinski definition) is 2. The van der Waals surface area contributed by atoms with Crippen molar-refractivity contribution >= 4 is 23.7 Å². The number of aromatic nitrogens is 2. The van der Waals surface area contributed by atoms with E-state index < -0.39 is 35.1 Å². The van der Waals surface area contributed by atoms with Crippen LogP contribution in [0.25, 0.3) is 5.69 Å². The number of benzene rings is 1. The van der Waals surface area contributed by atoms with Crippen LogP contribution in [0.3, 0.4) is 0 Å². The van der Waals surface area contributed by atoms with Gasteiger partial charge in [-0.15, -0.1) is 0 Å². The normalized spacial score (nSPS) is 11.6. The topological polar surface area (TPSA) is 112 Å². The van der Waals surface area contributed by atoms with Crippen LogP contribution >= 0.6 is 0 Å². The fourth-order valence-corrected chi connectivity index (χ4v) is 2.84. The van der Waals surface area contributed by atoms with Crippen molar-refractivity contribution in [3.8, 4) is 5.69 Å². The second kappa shape index (κ2) is 11.0. The van der Waals surface area contributed by atoms with Gasteiger partial charge in [0.1, 0.15) is 11.2 Å². The lowest BCUT2D eigenvalue weighted by molar-refractivity contribution is -0.143. The summed E-state index contributed by atoms with van der Waals surface area (Å²) in [4.78, 5) is 35.5. The molecule has 2 amide bonds. The van der Waals surface area contributed by atoms with E-state index in [9.17, 15) is 27.6 Å². The third-order valence-electron chi connectivity index (χ3n) is 4.18. The highest BCUT2D eigenvalue weighted by atomic mass is 19.4. The maximum absolute atomic E-state index is 13.6. The zero-order valence-corrected chi connectivity index (χ0v) is 19.3. The number of nitrogens with zero attached hydrogens (tertiary/aromatic N) is 2. The molecule has 0 aliphatic carbocycles. The van der Waals surface area contributed by atoms with Crippen molar-refractivity contribution in [3.63, 3.8) is 0 Å². The van der Waals surface area contributed by atoms with Gasteiger partial charge >= 0.3 is 18.2 Å². The second-order valence-corrected chi connectivity index (χ2v) is 8.16. The molecule has 2 N–H and O–H groups in total. The molecule has 1 heterocycles. The maximum atomic E-state index is 13.6. The van der Waals surface area contributed by atoms with Crippen molar-refractivity contribution in [3.05, 3.63) is 41.7 Å². The minimum absolute atomic E-state index is 0.0439. The summed E-state index contributed by atoms with van der Waals surface area (Å²) in [5.74, 6) is -1.45. The van der Waals surface area contributed by atoms with Gasteiger partial charge in [-0.2, -0.15) is 18.3 Å². The first kappa shape index (κ1) is 26.7. The number of anilines is 1. The Bertz CT molecular complexity index is 1010. The Morgan fingerprint density at radius 2 is 1.74 bits per heavy atom. The van der Waals surface area contributed by atoms with Gasteiger partial charge in [0.05, 0.1) is 18.5 Å². The molecule has 9 nitrogen and oxygen atoms in total. The molecule has 0 saturated heterocycles. The summed E-state index contributed by atoms with van der Waals surface area (Å²) in [6.07, 6.45) is -4.15. The highest BCUT2D eigenvalue weighted by Gasteiger charge is 2.41. The lowest BCUT2D eigenvalue weighted by Crippen LogP contribution is -2.33. The fraction of sp³-hybridized carbons (Fsp3) is 0.455. The highest BCUT2D eigenvalue weighted by Crippen LogP contribution is 2.34. The first-order chi connectivity index (χ1) is 15.8. The van der Waals surface area contributed by atoms with Gasteiger partial charge in [-0.1, -0.05) is 0 Å². The summed E-state index contributed by atoms with van der Waals surface area (Å²) in [6.45, 7) is 6.86. The smallest absolute Gasteiger partial charge is 0.434 e. The predicted molar refractivity (Wildman–Crippen MR) is 117 cm³/mol. The van der Waals surface area contributed by atoms with Crippen LogP contribution in [0.2, 0.25) is 0 Å². The molecule has 2 aromatic rings. The quantitative estimate of drug-likeness (QED) is 0.427. The Labute approximate surface area is 194 Å². The van der Waals surface area contributed by atoms with E-state index >= 15 is 0 Å². The van der Waals surface area contributed by atoms with Gasteiger partial charge in [0.15, 0.2) is 5.69 Å². The molecule has 186 valence electrons. The number of amides is 2. The summed E-state index contributed by atoms with van der Waals surface area (Å²) in [6, 6.07) is 5.49. The molecule has 0 aliphatic heterocycles. The molecule has 0 bridgehead atoms. The van der Waals surface area contributed by atoms with Crippen LogP contribution < -0.4 is 10.6 Å². The van der Waals surface area contributed by atoms with E-state index in [0.717, 1.165) is 6.20 Å². The SMILES string of the molecule is CCOC(=O)c1cnn(-c2ccc(NC(=O)CCCNC(=O)OC(C)(C)C)cc2)c1C(F)(F)F. The number of ether oxygens (including phenoxy) is 2. The fourth-order valence-electron chi connectivity index (χ4n) is 2.84. The van der Waals surface area contributed by atoms with Crippen molar-refractivity contribution < 1.29 is 37.0 Å². The Morgan fingerprint density at radius 3 is 2.29 bits per heavy atom. The van der Waals surface area contributed by atoms with E-state index in [1.807, 2.05) is 0 Å². The van der Waals surface area contributed by atoms with Crippen LogP contribution in [0.5, 0.6) is 0 Å². The largest absolute Gasteiger partial charge is 0.462 e. The van der Waals surface area contributed by atoms with Crippen molar-refractivity contribution in [2.24, 2.45) is 0 Å². The van der Waals surface area contributed by atoms with E-state index in [1.165, 1.54) is 31.2 Å². The lowest BCUT2D eigenvalue weighted by atomic mass is 10.2. The molecule has 1 aromatic carbocycles. The van der Waals surface area contributed by atoms with Crippen molar-refractivity contribution in [2.75, 3.05) is 18.5 Å². The van der Waals surface area contributed by atoms with Gasteiger partial charge in [-0.05, 0) is 58.4 Å². The van der Waals surface area contributed by atoms with E-state index in [-0.39, 0.29) is 31.2 Å². The number of alkyl halides is 3. The number of nitrogens with one attached hydrogen (secondary N) is 2. The Hall–Kier alpha value is -3.57. The number of halogens is 3. The average molecular weight is 484 g/mol. The first-order valence-corrected chi connectivity index (χ1v) is 10.5. The third-order valence-corrected chi connectivity index (χ3v) is 4.18. The molecule has 0 radical (unpaired) electrons. The molecule has 1 aromatic heterocycles. The molecule has 0 aliphatic rings. The van der Waals surface area contributed by atoms with Gasteiger partial charge in [0, 0.05) is 18.7 Å². The Kier molecular flexibility index (Phi) is 8.66. The van der Waals surface area contributed by atoms with Gasteiger partial charge < -0.3 is 20.1 Å². The number of alkyl carbamates (subject to hydrolysis) is 1. The minimum atomic E-state index is -4.85. The number of carbonyl (C=O) groups is 3. The molecule has 0 saturated carbocycles. The molecular weight excluding hydrogens is 457 g/mol. The molecule has 34 heavy (non-hydrogen) atoms. The monoisotopic (exact) mass is 484 g/mol. The summed E-state index contributed by atoms with van der Waals surface area (Å²) >= 11 is 0. The summed E-state index contributed by atoms with van der Waals surface area (Å²) in [5.41, 5.74) is -2.15. The first-order valence-electron chi connectivity index (χ1n) is 10.5. The molecule has 0 fully saturated rings. The zero-order valence-electron chi connectivity index (χ0n) is 19.3. The highest BCUT2D eigenvalue weighted by molar-refractivity contribution is 5.91. The third kappa shape index (κ3) is 7.78. The molecule has 0 unspecified atom stereocenters. The van der Waals surface area contributed by atoms with Crippen LogP contribution in [0.4, 0.5) is 23.7 Å². The average Bonchev–Trinajstić information content (AvgIpc) is 3.17. The van der Waals surface area contributed by atoms with Crippen molar-refractivity contribution in [1.29, 1.82) is 0 Å².